The lowest BCUT2D eigenvalue weighted by atomic mass is 10.2. The maximum absolute atomic E-state index is 12.0. The quantitative estimate of drug-likeness (QED) is 0.854. The molecule has 110 valence electrons. The van der Waals surface area contributed by atoms with Crippen LogP contribution in [0, 0.1) is 0 Å². The molecule has 0 aliphatic carbocycles. The summed E-state index contributed by atoms with van der Waals surface area (Å²) in [6.07, 6.45) is 1.20. The molecule has 2 aromatic rings. The predicted octanol–water partition coefficient (Wildman–Crippen LogP) is 2.38. The van der Waals surface area contributed by atoms with Gasteiger partial charge in [-0.15, -0.1) is 0 Å². The molecule has 0 aliphatic heterocycles. The summed E-state index contributed by atoms with van der Waals surface area (Å²) in [6, 6.07) is 5.33. The number of carbonyl (C=O) groups excluding carboxylic acids is 1. The van der Waals surface area contributed by atoms with E-state index in [4.69, 9.17) is 9.47 Å². The van der Waals surface area contributed by atoms with E-state index in [0.29, 0.717) is 17.1 Å². The van der Waals surface area contributed by atoms with Gasteiger partial charge in [0.1, 0.15) is 17.1 Å². The molecule has 0 atom stereocenters. The van der Waals surface area contributed by atoms with Crippen molar-refractivity contribution in [2.45, 2.75) is 6.92 Å². The van der Waals surface area contributed by atoms with Crippen LogP contribution in [0.25, 0.3) is 11.4 Å². The highest BCUT2D eigenvalue weighted by Crippen LogP contribution is 2.29. The van der Waals surface area contributed by atoms with Crippen molar-refractivity contribution in [3.8, 4) is 17.1 Å². The van der Waals surface area contributed by atoms with Crippen molar-refractivity contribution >= 4 is 21.9 Å². The van der Waals surface area contributed by atoms with Gasteiger partial charge in [-0.25, -0.2) is 9.78 Å². The third-order valence-corrected chi connectivity index (χ3v) is 3.20. The third kappa shape index (κ3) is 3.30. The molecule has 6 nitrogen and oxygen atoms in total. The van der Waals surface area contributed by atoms with Crippen molar-refractivity contribution in [2.24, 2.45) is 0 Å². The topological polar surface area (TPSA) is 81.3 Å². The second-order valence-electron chi connectivity index (χ2n) is 4.04. The maximum Gasteiger partial charge on any atom is 0.345 e. The average Bonchev–Trinajstić information content (AvgIpc) is 2.47. The molecule has 1 N–H and O–H groups in total. The first-order chi connectivity index (χ1) is 10.1. The van der Waals surface area contributed by atoms with Crippen molar-refractivity contribution in [1.29, 1.82) is 0 Å². The Morgan fingerprint density at radius 3 is 2.81 bits per heavy atom. The van der Waals surface area contributed by atoms with E-state index in [9.17, 15) is 9.59 Å². The van der Waals surface area contributed by atoms with Crippen LogP contribution in [0.5, 0.6) is 5.75 Å². The number of esters is 1. The van der Waals surface area contributed by atoms with Crippen molar-refractivity contribution in [2.75, 3.05) is 13.7 Å². The molecule has 0 unspecified atom stereocenters. The zero-order valence-corrected chi connectivity index (χ0v) is 13.1. The van der Waals surface area contributed by atoms with E-state index in [1.807, 2.05) is 6.07 Å². The number of ether oxygens (including phenoxy) is 2. The van der Waals surface area contributed by atoms with Crippen LogP contribution in [0.3, 0.4) is 0 Å². The number of nitrogens with one attached hydrogen (secondary N) is 1. The van der Waals surface area contributed by atoms with Crippen molar-refractivity contribution in [3.63, 3.8) is 0 Å². The zero-order valence-electron chi connectivity index (χ0n) is 11.5. The van der Waals surface area contributed by atoms with E-state index in [2.05, 4.69) is 25.9 Å². The smallest absolute Gasteiger partial charge is 0.345 e. The number of H-pyrrole nitrogens is 1. The van der Waals surface area contributed by atoms with Crippen molar-refractivity contribution in [1.82, 2.24) is 9.97 Å². The number of aromatic amines is 1. The number of halogens is 1. The predicted molar refractivity (Wildman–Crippen MR) is 80.5 cm³/mol. The molecule has 0 radical (unpaired) electrons. The Morgan fingerprint density at radius 1 is 1.43 bits per heavy atom. The first-order valence-electron chi connectivity index (χ1n) is 6.17. The number of nitrogens with zero attached hydrogens (tertiary/aromatic N) is 1. The molecule has 0 amide bonds. The monoisotopic (exact) mass is 352 g/mol. The highest BCUT2D eigenvalue weighted by molar-refractivity contribution is 9.10. The van der Waals surface area contributed by atoms with Gasteiger partial charge in [0.15, 0.2) is 0 Å². The summed E-state index contributed by atoms with van der Waals surface area (Å²) in [5.41, 5.74) is -0.0746. The number of aromatic nitrogens is 2. The molecule has 0 fully saturated rings. The molecule has 0 saturated heterocycles. The third-order valence-electron chi connectivity index (χ3n) is 2.71. The second-order valence-corrected chi connectivity index (χ2v) is 4.96. The lowest BCUT2D eigenvalue weighted by Gasteiger charge is -2.08. The Hall–Kier alpha value is -2.15. The van der Waals surface area contributed by atoms with Gasteiger partial charge < -0.3 is 14.5 Å². The largest absolute Gasteiger partial charge is 0.496 e. The number of hydrogen-bond donors (Lipinski definition) is 1. The lowest BCUT2D eigenvalue weighted by molar-refractivity contribution is 0.0524. The van der Waals surface area contributed by atoms with E-state index in [0.717, 1.165) is 4.47 Å². The fraction of sp³-hybridized carbons (Fsp3) is 0.214. The number of benzene rings is 1. The minimum atomic E-state index is -0.695. The van der Waals surface area contributed by atoms with Crippen LogP contribution in [0.15, 0.2) is 33.7 Å². The molecule has 1 aromatic heterocycles. The first kappa shape index (κ1) is 15.2. The summed E-state index contributed by atoms with van der Waals surface area (Å²) in [4.78, 5) is 30.2. The van der Waals surface area contributed by atoms with Gasteiger partial charge in [-0.2, -0.15) is 0 Å². The molecule has 1 heterocycles. The van der Waals surface area contributed by atoms with Gasteiger partial charge in [0, 0.05) is 10.7 Å². The lowest BCUT2D eigenvalue weighted by Crippen LogP contribution is -2.21. The van der Waals surface area contributed by atoms with Crippen LogP contribution in [-0.2, 0) is 4.74 Å². The van der Waals surface area contributed by atoms with Gasteiger partial charge in [0.2, 0.25) is 0 Å². The molecular formula is C14H13BrN2O4. The number of methoxy groups -OCH3 is 1. The van der Waals surface area contributed by atoms with Crippen molar-refractivity contribution < 1.29 is 14.3 Å². The summed E-state index contributed by atoms with van der Waals surface area (Å²) in [5.74, 6) is 0.176. The van der Waals surface area contributed by atoms with Gasteiger partial charge in [-0.3, -0.25) is 4.79 Å². The molecule has 21 heavy (non-hydrogen) atoms. The number of rotatable bonds is 4. The van der Waals surface area contributed by atoms with Crippen LogP contribution >= 0.6 is 15.9 Å². The van der Waals surface area contributed by atoms with Crippen LogP contribution in [0.2, 0.25) is 0 Å². The first-order valence-corrected chi connectivity index (χ1v) is 6.96. The molecule has 0 saturated carbocycles. The Bertz CT molecular complexity index is 727. The van der Waals surface area contributed by atoms with E-state index < -0.39 is 11.5 Å². The maximum atomic E-state index is 12.0. The molecule has 0 bridgehead atoms. The summed E-state index contributed by atoms with van der Waals surface area (Å²) in [6.45, 7) is 1.86. The average molecular weight is 353 g/mol. The minimum Gasteiger partial charge on any atom is -0.496 e. The standard InChI is InChI=1S/C14H13BrN2O4/c1-3-21-14(19)10-7-16-12(17-13(10)18)9-6-8(15)4-5-11(9)20-2/h4-7H,3H2,1-2H3,(H,16,17,18). The Labute approximate surface area is 129 Å². The van der Waals surface area contributed by atoms with Crippen LogP contribution < -0.4 is 10.3 Å². The number of hydrogen-bond acceptors (Lipinski definition) is 5. The fourth-order valence-electron chi connectivity index (χ4n) is 1.75. The van der Waals surface area contributed by atoms with E-state index in [1.54, 1.807) is 19.1 Å². The van der Waals surface area contributed by atoms with Gasteiger partial charge in [0.25, 0.3) is 5.56 Å². The van der Waals surface area contributed by atoms with Crippen LogP contribution in [0.4, 0.5) is 0 Å². The van der Waals surface area contributed by atoms with Gasteiger partial charge >= 0.3 is 5.97 Å². The molecule has 1 aromatic carbocycles. The van der Waals surface area contributed by atoms with E-state index >= 15 is 0 Å². The minimum absolute atomic E-state index is 0.130. The molecule has 2 rings (SSSR count). The van der Waals surface area contributed by atoms with E-state index in [-0.39, 0.29) is 12.2 Å². The Kier molecular flexibility index (Phi) is 4.74. The van der Waals surface area contributed by atoms with Gasteiger partial charge in [0.05, 0.1) is 19.3 Å². The zero-order chi connectivity index (χ0) is 15.4. The summed E-state index contributed by atoms with van der Waals surface area (Å²) in [5, 5.41) is 0. The normalized spacial score (nSPS) is 10.2. The second kappa shape index (κ2) is 6.53. The van der Waals surface area contributed by atoms with Gasteiger partial charge in [-0.05, 0) is 25.1 Å². The Balaban J connectivity index is 2.48. The SMILES string of the molecule is CCOC(=O)c1cnc(-c2cc(Br)ccc2OC)[nH]c1=O. The van der Waals surface area contributed by atoms with E-state index in [1.165, 1.54) is 13.3 Å². The van der Waals surface area contributed by atoms with Crippen LogP contribution in [0.1, 0.15) is 17.3 Å². The molecule has 7 heteroatoms. The Morgan fingerprint density at radius 2 is 2.19 bits per heavy atom. The summed E-state index contributed by atoms with van der Waals surface area (Å²) >= 11 is 3.35. The highest BCUT2D eigenvalue weighted by Gasteiger charge is 2.15. The highest BCUT2D eigenvalue weighted by atomic mass is 79.9. The number of carbonyl (C=O) groups is 1. The summed E-state index contributed by atoms with van der Waals surface area (Å²) in [7, 11) is 1.53. The van der Waals surface area contributed by atoms with Gasteiger partial charge in [-0.1, -0.05) is 15.9 Å². The van der Waals surface area contributed by atoms with Crippen LogP contribution in [-0.4, -0.2) is 29.7 Å². The molecule has 0 aliphatic rings. The summed E-state index contributed by atoms with van der Waals surface area (Å²) < 4.78 is 10.8. The fourth-order valence-corrected chi connectivity index (χ4v) is 2.11. The molecule has 0 spiro atoms. The van der Waals surface area contributed by atoms with Crippen molar-refractivity contribution in [3.05, 3.63) is 44.8 Å². The molecular weight excluding hydrogens is 340 g/mol.